The van der Waals surface area contributed by atoms with Crippen LogP contribution < -0.4 is 5.32 Å². The fraction of sp³-hybridized carbons (Fsp3) is 0.984. The summed E-state index contributed by atoms with van der Waals surface area (Å²) < 4.78 is 23.8. The van der Waals surface area contributed by atoms with Crippen molar-refractivity contribution in [1.82, 2.24) is 5.32 Å². The maximum absolute atomic E-state index is 13.0. The average molecular weight is 1010 g/mol. The summed E-state index contributed by atoms with van der Waals surface area (Å²) in [5, 5.41) is 14.1. The molecule has 0 aromatic heterocycles. The number of carbonyl (C=O) groups excluding carboxylic acids is 1. The van der Waals surface area contributed by atoms with Gasteiger partial charge in [0, 0.05) is 6.42 Å². The molecule has 0 aliphatic rings. The minimum absolute atomic E-state index is 0.0791. The number of rotatable bonds is 59. The first-order valence-electron chi connectivity index (χ1n) is 31.4. The van der Waals surface area contributed by atoms with Crippen LogP contribution in [-0.4, -0.2) is 73.4 Å². The number of phosphoric ester groups is 1. The van der Waals surface area contributed by atoms with Gasteiger partial charge in [0.1, 0.15) is 13.2 Å². The van der Waals surface area contributed by atoms with E-state index in [1.165, 1.54) is 270 Å². The number of nitrogens with zero attached hydrogens (tertiary/aromatic N) is 1. The first-order chi connectivity index (χ1) is 34.0. The first kappa shape index (κ1) is 69.5. The minimum Gasteiger partial charge on any atom is -0.391 e. The molecule has 420 valence electrons. The highest BCUT2D eigenvalue weighted by Crippen LogP contribution is 2.43. The molecule has 8 nitrogen and oxygen atoms in total. The van der Waals surface area contributed by atoms with Crippen LogP contribution in [-0.2, 0) is 18.4 Å². The highest BCUT2D eigenvalue weighted by atomic mass is 31.2. The Kier molecular flexibility index (Phi) is 52.9. The van der Waals surface area contributed by atoms with Gasteiger partial charge in [-0.2, -0.15) is 0 Å². The van der Waals surface area contributed by atoms with Gasteiger partial charge >= 0.3 is 7.82 Å². The van der Waals surface area contributed by atoms with Gasteiger partial charge in [0.15, 0.2) is 0 Å². The molecule has 0 rings (SSSR count). The van der Waals surface area contributed by atoms with E-state index in [1.807, 2.05) is 21.1 Å². The molecule has 0 saturated heterocycles. The molecular weight excluding hydrogens is 888 g/mol. The summed E-state index contributed by atoms with van der Waals surface area (Å²) in [7, 11) is 1.64. The number of quaternary nitrogens is 1. The summed E-state index contributed by atoms with van der Waals surface area (Å²) in [5.74, 6) is -0.136. The van der Waals surface area contributed by atoms with E-state index in [1.54, 1.807) is 0 Å². The fourth-order valence-corrected chi connectivity index (χ4v) is 10.7. The molecule has 0 saturated carbocycles. The Labute approximate surface area is 438 Å². The standard InChI is InChI=1S/C61H125N2O6P/c1-6-8-10-12-14-16-18-20-22-23-24-25-26-27-28-29-30-31-32-33-34-35-36-37-38-39-41-43-45-47-49-51-53-55-61(65)62-59(58-69-70(66,67)68-57-56-63(3,4)5)60(64)54-52-50-48-46-44-42-40-21-19-17-15-13-11-9-7-2/h59-60,64H,6-58H2,1-5H3,(H-,62,65,66,67)/p+1. The van der Waals surface area contributed by atoms with Crippen LogP contribution >= 0.6 is 7.82 Å². The maximum Gasteiger partial charge on any atom is 0.472 e. The number of phosphoric acid groups is 1. The number of aliphatic hydroxyl groups is 1. The molecule has 3 unspecified atom stereocenters. The summed E-state index contributed by atoms with van der Waals surface area (Å²) in [6.07, 6.45) is 64.8. The molecule has 0 fully saturated rings. The number of amides is 1. The van der Waals surface area contributed by atoms with Gasteiger partial charge in [-0.15, -0.1) is 0 Å². The van der Waals surface area contributed by atoms with E-state index in [2.05, 4.69) is 19.2 Å². The van der Waals surface area contributed by atoms with Crippen molar-refractivity contribution in [2.24, 2.45) is 0 Å². The Balaban J connectivity index is 3.92. The van der Waals surface area contributed by atoms with E-state index in [9.17, 15) is 19.4 Å². The Morgan fingerprint density at radius 3 is 0.957 bits per heavy atom. The van der Waals surface area contributed by atoms with Gasteiger partial charge in [-0.05, 0) is 12.8 Å². The van der Waals surface area contributed by atoms with Crippen molar-refractivity contribution >= 4 is 13.7 Å². The van der Waals surface area contributed by atoms with Crippen LogP contribution in [0.1, 0.15) is 335 Å². The van der Waals surface area contributed by atoms with Crippen molar-refractivity contribution in [1.29, 1.82) is 0 Å². The Morgan fingerprint density at radius 1 is 0.429 bits per heavy atom. The van der Waals surface area contributed by atoms with Crippen LogP contribution in [0.4, 0.5) is 0 Å². The minimum atomic E-state index is -4.32. The first-order valence-corrected chi connectivity index (χ1v) is 32.9. The number of likely N-dealkylation sites (N-methyl/N-ethyl adjacent to an activating group) is 1. The number of carbonyl (C=O) groups is 1. The van der Waals surface area contributed by atoms with E-state index in [-0.39, 0.29) is 19.1 Å². The van der Waals surface area contributed by atoms with Crippen LogP contribution in [0.25, 0.3) is 0 Å². The average Bonchev–Trinajstić information content (AvgIpc) is 3.32. The molecule has 0 radical (unpaired) electrons. The second-order valence-electron chi connectivity index (χ2n) is 23.2. The van der Waals surface area contributed by atoms with E-state index >= 15 is 0 Å². The zero-order valence-corrected chi connectivity index (χ0v) is 48.9. The smallest absolute Gasteiger partial charge is 0.391 e. The van der Waals surface area contributed by atoms with Crippen LogP contribution in [0.3, 0.4) is 0 Å². The van der Waals surface area contributed by atoms with Crippen molar-refractivity contribution in [2.75, 3.05) is 40.9 Å². The Morgan fingerprint density at radius 2 is 0.686 bits per heavy atom. The van der Waals surface area contributed by atoms with Gasteiger partial charge in [-0.3, -0.25) is 13.8 Å². The third-order valence-corrected chi connectivity index (χ3v) is 15.8. The Hall–Kier alpha value is -0.500. The lowest BCUT2D eigenvalue weighted by atomic mass is 10.0. The van der Waals surface area contributed by atoms with E-state index < -0.39 is 20.0 Å². The topological polar surface area (TPSA) is 105 Å². The van der Waals surface area contributed by atoms with E-state index in [0.717, 1.165) is 38.5 Å². The molecule has 9 heteroatoms. The van der Waals surface area contributed by atoms with E-state index in [4.69, 9.17) is 9.05 Å². The van der Waals surface area contributed by atoms with Gasteiger partial charge < -0.3 is 19.8 Å². The second-order valence-corrected chi connectivity index (χ2v) is 24.6. The molecule has 0 bridgehead atoms. The lowest BCUT2D eigenvalue weighted by Gasteiger charge is -2.26. The zero-order chi connectivity index (χ0) is 51.3. The summed E-state index contributed by atoms with van der Waals surface area (Å²) in [6.45, 7) is 4.94. The summed E-state index contributed by atoms with van der Waals surface area (Å²) in [6, 6.07) is -0.755. The van der Waals surface area contributed by atoms with Crippen LogP contribution in [0.2, 0.25) is 0 Å². The van der Waals surface area contributed by atoms with Gasteiger partial charge in [-0.25, -0.2) is 4.57 Å². The molecule has 1 amide bonds. The maximum atomic E-state index is 13.0. The van der Waals surface area contributed by atoms with E-state index in [0.29, 0.717) is 23.9 Å². The van der Waals surface area contributed by atoms with Crippen LogP contribution in [0, 0.1) is 0 Å². The van der Waals surface area contributed by atoms with Gasteiger partial charge in [0.25, 0.3) is 0 Å². The van der Waals surface area contributed by atoms with Crippen molar-refractivity contribution in [3.63, 3.8) is 0 Å². The molecular formula is C61H126N2O6P+. The third-order valence-electron chi connectivity index (χ3n) is 14.9. The number of unbranched alkanes of at least 4 members (excludes halogenated alkanes) is 46. The predicted octanol–water partition coefficient (Wildman–Crippen LogP) is 19.2. The summed E-state index contributed by atoms with van der Waals surface area (Å²) >= 11 is 0. The number of hydrogen-bond acceptors (Lipinski definition) is 5. The SMILES string of the molecule is CCCCCCCCCCCCCCCCCCCCCCCCCCCCCCCCCCCC(=O)NC(COP(=O)(O)OCC[N+](C)(C)C)C(O)CCCCCCCCCCCCCCCCC. The number of nitrogens with one attached hydrogen (secondary N) is 1. The van der Waals surface area contributed by atoms with Crippen molar-refractivity contribution in [2.45, 2.75) is 347 Å². The molecule has 0 aromatic carbocycles. The largest absolute Gasteiger partial charge is 0.472 e. The molecule has 70 heavy (non-hydrogen) atoms. The number of aliphatic hydroxyl groups excluding tert-OH is 1. The van der Waals surface area contributed by atoms with Crippen molar-refractivity contribution in [3.05, 3.63) is 0 Å². The highest BCUT2D eigenvalue weighted by Gasteiger charge is 2.28. The predicted molar refractivity (Wildman–Crippen MR) is 305 cm³/mol. The lowest BCUT2D eigenvalue weighted by Crippen LogP contribution is -2.46. The van der Waals surface area contributed by atoms with Crippen LogP contribution in [0.5, 0.6) is 0 Å². The van der Waals surface area contributed by atoms with Crippen molar-refractivity contribution in [3.8, 4) is 0 Å². The quantitative estimate of drug-likeness (QED) is 0.0318. The summed E-state index contributed by atoms with van der Waals surface area (Å²) in [5.41, 5.74) is 0. The fourth-order valence-electron chi connectivity index (χ4n) is 9.93. The third kappa shape index (κ3) is 55.3. The lowest BCUT2D eigenvalue weighted by molar-refractivity contribution is -0.870. The molecule has 3 atom stereocenters. The highest BCUT2D eigenvalue weighted by molar-refractivity contribution is 7.47. The van der Waals surface area contributed by atoms with Crippen LogP contribution in [0.15, 0.2) is 0 Å². The monoisotopic (exact) mass is 1010 g/mol. The van der Waals surface area contributed by atoms with Crippen molar-refractivity contribution < 1.29 is 32.9 Å². The summed E-state index contributed by atoms with van der Waals surface area (Å²) in [4.78, 5) is 23.3. The van der Waals surface area contributed by atoms with Gasteiger partial charge in [-0.1, -0.05) is 316 Å². The van der Waals surface area contributed by atoms with Gasteiger partial charge in [0.05, 0.1) is 39.9 Å². The second kappa shape index (κ2) is 53.3. The zero-order valence-electron chi connectivity index (χ0n) is 48.1. The molecule has 0 aliphatic carbocycles. The molecule has 0 heterocycles. The Bertz CT molecular complexity index is 1100. The van der Waals surface area contributed by atoms with Gasteiger partial charge in [0.2, 0.25) is 5.91 Å². The molecule has 0 spiro atoms. The normalized spacial score (nSPS) is 13.8. The molecule has 3 N–H and O–H groups in total. The molecule has 0 aliphatic heterocycles. The number of hydrogen-bond donors (Lipinski definition) is 3. The molecule has 0 aromatic rings.